The van der Waals surface area contributed by atoms with Crippen molar-refractivity contribution >= 4 is 29.1 Å². The Kier molecular flexibility index (Phi) is 8.34. The van der Waals surface area contributed by atoms with Crippen LogP contribution in [0.15, 0.2) is 78.4 Å². The molecule has 3 aromatic carbocycles. The molecule has 0 spiro atoms. The average Bonchev–Trinajstić information content (AvgIpc) is 3.20. The zero-order valence-electron chi connectivity index (χ0n) is 22.1. The second-order valence-corrected chi connectivity index (χ2v) is 9.67. The monoisotopic (exact) mass is 529 g/mol. The van der Waals surface area contributed by atoms with E-state index in [4.69, 9.17) is 9.47 Å². The summed E-state index contributed by atoms with van der Waals surface area (Å²) in [6.45, 7) is 6.79. The van der Waals surface area contributed by atoms with Gasteiger partial charge in [0.15, 0.2) is 0 Å². The van der Waals surface area contributed by atoms with Crippen LogP contribution in [0, 0.1) is 5.92 Å². The Morgan fingerprint density at radius 2 is 1.54 bits per heavy atom. The number of anilines is 1. The number of aliphatic hydroxyl groups is 1. The summed E-state index contributed by atoms with van der Waals surface area (Å²) in [5.41, 5.74) is 1.44. The first-order valence-electron chi connectivity index (χ1n) is 12.8. The summed E-state index contributed by atoms with van der Waals surface area (Å²) in [4.78, 5) is 40.2. The molecule has 0 bridgehead atoms. The van der Waals surface area contributed by atoms with Gasteiger partial charge >= 0.3 is 5.97 Å². The molecular formula is C31H31NO7. The van der Waals surface area contributed by atoms with Gasteiger partial charge in [0.2, 0.25) is 0 Å². The van der Waals surface area contributed by atoms with Gasteiger partial charge in [-0.2, -0.15) is 0 Å². The molecule has 39 heavy (non-hydrogen) atoms. The number of benzene rings is 3. The number of aromatic hydroxyl groups is 1. The highest BCUT2D eigenvalue weighted by atomic mass is 16.5. The summed E-state index contributed by atoms with van der Waals surface area (Å²) < 4.78 is 10.9. The molecule has 1 amide bonds. The van der Waals surface area contributed by atoms with E-state index in [9.17, 15) is 24.6 Å². The van der Waals surface area contributed by atoms with Gasteiger partial charge in [0.1, 0.15) is 17.3 Å². The van der Waals surface area contributed by atoms with Crippen molar-refractivity contribution in [1.29, 1.82) is 0 Å². The summed E-state index contributed by atoms with van der Waals surface area (Å²) in [5.74, 6) is -1.51. The number of ketones is 1. The molecule has 1 unspecified atom stereocenters. The lowest BCUT2D eigenvalue weighted by molar-refractivity contribution is -0.132. The number of phenols is 1. The fourth-order valence-electron chi connectivity index (χ4n) is 4.23. The highest BCUT2D eigenvalue weighted by molar-refractivity contribution is 6.51. The third-order valence-electron chi connectivity index (χ3n) is 6.18. The zero-order valence-corrected chi connectivity index (χ0v) is 22.1. The predicted octanol–water partition coefficient (Wildman–Crippen LogP) is 5.62. The van der Waals surface area contributed by atoms with Crippen LogP contribution in [0.2, 0.25) is 0 Å². The first-order valence-corrected chi connectivity index (χ1v) is 12.8. The Morgan fingerprint density at radius 1 is 0.923 bits per heavy atom. The molecule has 4 rings (SSSR count). The van der Waals surface area contributed by atoms with Crippen LogP contribution in [-0.2, 0) is 14.3 Å². The Bertz CT molecular complexity index is 1370. The molecule has 3 aromatic rings. The molecular weight excluding hydrogens is 498 g/mol. The van der Waals surface area contributed by atoms with Crippen molar-refractivity contribution in [2.75, 3.05) is 18.1 Å². The van der Waals surface area contributed by atoms with Gasteiger partial charge in [-0.25, -0.2) is 4.79 Å². The van der Waals surface area contributed by atoms with E-state index in [0.29, 0.717) is 53.7 Å². The van der Waals surface area contributed by atoms with E-state index in [-0.39, 0.29) is 17.1 Å². The minimum Gasteiger partial charge on any atom is -0.508 e. The molecule has 0 aromatic heterocycles. The number of carbonyl (C=O) groups is 3. The summed E-state index contributed by atoms with van der Waals surface area (Å²) in [6.07, 6.45) is 0.689. The molecule has 1 fully saturated rings. The van der Waals surface area contributed by atoms with Gasteiger partial charge in [-0.05, 0) is 78.6 Å². The number of phenolic OH excluding ortho intramolecular Hbond substituents is 1. The number of esters is 1. The second-order valence-electron chi connectivity index (χ2n) is 9.67. The molecule has 1 saturated heterocycles. The van der Waals surface area contributed by atoms with Crippen LogP contribution in [0.3, 0.4) is 0 Å². The summed E-state index contributed by atoms with van der Waals surface area (Å²) in [7, 11) is 0. The fraction of sp³-hybridized carbons (Fsp3) is 0.258. The molecule has 0 aliphatic carbocycles. The molecule has 1 aliphatic rings. The van der Waals surface area contributed by atoms with Crippen molar-refractivity contribution in [2.45, 2.75) is 33.2 Å². The van der Waals surface area contributed by atoms with E-state index in [1.165, 1.54) is 29.2 Å². The van der Waals surface area contributed by atoms with Crippen LogP contribution < -0.4 is 9.64 Å². The van der Waals surface area contributed by atoms with Gasteiger partial charge in [0.05, 0.1) is 30.4 Å². The van der Waals surface area contributed by atoms with E-state index in [0.717, 1.165) is 0 Å². The Balaban J connectivity index is 1.75. The SMILES string of the molecule is CCCOC(=O)c1ccc(N2C(=O)C(=O)/C(=C(/O)c3ccc(OCC(C)C)cc3)C2c2ccc(O)cc2)cc1. The van der Waals surface area contributed by atoms with Crippen molar-refractivity contribution in [2.24, 2.45) is 5.92 Å². The van der Waals surface area contributed by atoms with Crippen molar-refractivity contribution in [3.05, 3.63) is 95.1 Å². The summed E-state index contributed by atoms with van der Waals surface area (Å²) in [5, 5.41) is 21.1. The molecule has 1 heterocycles. The number of hydrogen-bond donors (Lipinski definition) is 2. The fourth-order valence-corrected chi connectivity index (χ4v) is 4.23. The Labute approximate surface area is 227 Å². The molecule has 0 radical (unpaired) electrons. The maximum Gasteiger partial charge on any atom is 0.338 e. The topological polar surface area (TPSA) is 113 Å². The average molecular weight is 530 g/mol. The molecule has 0 saturated carbocycles. The lowest BCUT2D eigenvalue weighted by Crippen LogP contribution is -2.29. The standard InChI is InChI=1S/C31H31NO7/c1-4-17-38-31(37)22-5-11-23(12-6-22)32-27(20-7-13-24(33)14-8-20)26(29(35)30(32)36)28(34)21-9-15-25(16-10-21)39-18-19(2)3/h5-16,19,27,33-34H,4,17-18H2,1-3H3/b28-26+. The van der Waals surface area contributed by atoms with Gasteiger partial charge in [-0.3, -0.25) is 14.5 Å². The van der Waals surface area contributed by atoms with E-state index in [1.54, 1.807) is 48.5 Å². The number of hydrogen-bond acceptors (Lipinski definition) is 7. The Morgan fingerprint density at radius 3 is 2.13 bits per heavy atom. The quantitative estimate of drug-likeness (QED) is 0.160. The third-order valence-corrected chi connectivity index (χ3v) is 6.18. The van der Waals surface area contributed by atoms with Crippen LogP contribution >= 0.6 is 0 Å². The minimum atomic E-state index is -0.972. The maximum atomic E-state index is 13.3. The highest BCUT2D eigenvalue weighted by Crippen LogP contribution is 2.42. The van der Waals surface area contributed by atoms with Gasteiger partial charge in [0.25, 0.3) is 11.7 Å². The molecule has 8 nitrogen and oxygen atoms in total. The number of nitrogens with zero attached hydrogens (tertiary/aromatic N) is 1. The number of ether oxygens (including phenoxy) is 2. The van der Waals surface area contributed by atoms with Crippen LogP contribution in [-0.4, -0.2) is 41.1 Å². The van der Waals surface area contributed by atoms with Crippen molar-refractivity contribution in [1.82, 2.24) is 0 Å². The number of rotatable bonds is 9. The molecule has 8 heteroatoms. The maximum absolute atomic E-state index is 13.3. The largest absolute Gasteiger partial charge is 0.508 e. The Hall–Kier alpha value is -4.59. The first kappa shape index (κ1) is 27.4. The van der Waals surface area contributed by atoms with Gasteiger partial charge in [0, 0.05) is 11.3 Å². The number of Topliss-reactive ketones (excluding diaryl/α,β-unsaturated/α-hetero) is 1. The van der Waals surface area contributed by atoms with E-state index >= 15 is 0 Å². The summed E-state index contributed by atoms with van der Waals surface area (Å²) >= 11 is 0. The van der Waals surface area contributed by atoms with E-state index in [1.807, 2.05) is 20.8 Å². The number of amides is 1. The number of carbonyl (C=O) groups excluding carboxylic acids is 3. The lowest BCUT2D eigenvalue weighted by Gasteiger charge is -2.25. The molecule has 1 aliphatic heterocycles. The predicted molar refractivity (Wildman–Crippen MR) is 147 cm³/mol. The van der Waals surface area contributed by atoms with Crippen LogP contribution in [0.1, 0.15) is 54.7 Å². The van der Waals surface area contributed by atoms with Crippen molar-refractivity contribution < 1.29 is 34.1 Å². The lowest BCUT2D eigenvalue weighted by atomic mass is 9.95. The van der Waals surface area contributed by atoms with Gasteiger partial charge in [-0.1, -0.05) is 32.9 Å². The molecule has 2 N–H and O–H groups in total. The number of aliphatic hydroxyl groups excluding tert-OH is 1. The minimum absolute atomic E-state index is 0.0163. The van der Waals surface area contributed by atoms with Crippen LogP contribution in [0.25, 0.3) is 5.76 Å². The zero-order chi connectivity index (χ0) is 28.1. The van der Waals surface area contributed by atoms with E-state index < -0.39 is 23.7 Å². The van der Waals surface area contributed by atoms with Crippen LogP contribution in [0.4, 0.5) is 5.69 Å². The molecule has 1 atom stereocenters. The highest BCUT2D eigenvalue weighted by Gasteiger charge is 2.47. The third kappa shape index (κ3) is 5.95. The normalized spacial score (nSPS) is 16.5. The smallest absolute Gasteiger partial charge is 0.338 e. The van der Waals surface area contributed by atoms with Gasteiger partial charge < -0.3 is 19.7 Å². The van der Waals surface area contributed by atoms with Crippen molar-refractivity contribution in [3.63, 3.8) is 0 Å². The summed E-state index contributed by atoms with van der Waals surface area (Å²) in [6, 6.07) is 17.9. The van der Waals surface area contributed by atoms with Crippen LogP contribution in [0.5, 0.6) is 11.5 Å². The van der Waals surface area contributed by atoms with Crippen molar-refractivity contribution in [3.8, 4) is 11.5 Å². The van der Waals surface area contributed by atoms with E-state index in [2.05, 4.69) is 0 Å². The first-order chi connectivity index (χ1) is 18.7. The second kappa shape index (κ2) is 11.9. The molecule has 202 valence electrons. The van der Waals surface area contributed by atoms with Gasteiger partial charge in [-0.15, -0.1) is 0 Å².